The highest BCUT2D eigenvalue weighted by Gasteiger charge is 2.12. The smallest absolute Gasteiger partial charge is 0.227 e. The third kappa shape index (κ3) is 2.58. The molecule has 0 saturated heterocycles. The summed E-state index contributed by atoms with van der Waals surface area (Å²) in [4.78, 5) is 13.2. The van der Waals surface area contributed by atoms with Gasteiger partial charge >= 0.3 is 0 Å². The molecule has 1 aromatic rings. The van der Waals surface area contributed by atoms with Crippen LogP contribution in [0.25, 0.3) is 0 Å². The van der Waals surface area contributed by atoms with Gasteiger partial charge in [-0.05, 0) is 13.3 Å². The number of unbranched alkanes of at least 4 members (excludes halogenated alkanes) is 1. The molecule has 0 saturated carbocycles. The van der Waals surface area contributed by atoms with E-state index in [1.54, 1.807) is 11.9 Å². The van der Waals surface area contributed by atoms with Gasteiger partial charge in [0.05, 0.1) is 0 Å². The predicted molar refractivity (Wildman–Crippen MR) is 56.3 cm³/mol. The largest absolute Gasteiger partial charge is 0.298 e. The Morgan fingerprint density at radius 2 is 2.36 bits per heavy atom. The highest BCUT2D eigenvalue weighted by Crippen LogP contribution is 2.11. The van der Waals surface area contributed by atoms with Crippen LogP contribution in [0.2, 0.25) is 0 Å². The van der Waals surface area contributed by atoms with Crippen LogP contribution in [0.3, 0.4) is 0 Å². The maximum absolute atomic E-state index is 11.6. The fraction of sp³-hybridized carbons (Fsp3) is 0.600. The number of aromatic nitrogens is 2. The van der Waals surface area contributed by atoms with Crippen LogP contribution >= 0.6 is 0 Å². The first kappa shape index (κ1) is 10.8. The van der Waals surface area contributed by atoms with Gasteiger partial charge in [0.1, 0.15) is 0 Å². The molecular formula is C10H17N3O. The molecule has 1 aromatic heterocycles. The van der Waals surface area contributed by atoms with Gasteiger partial charge in [0, 0.05) is 25.2 Å². The van der Waals surface area contributed by atoms with Crippen LogP contribution in [0.1, 0.15) is 31.9 Å². The Balaban J connectivity index is 2.56. The molecule has 0 spiro atoms. The van der Waals surface area contributed by atoms with Gasteiger partial charge in [0.2, 0.25) is 5.91 Å². The quantitative estimate of drug-likeness (QED) is 0.797. The van der Waals surface area contributed by atoms with Crippen LogP contribution < -0.4 is 4.90 Å². The topological polar surface area (TPSA) is 49.0 Å². The minimum Gasteiger partial charge on any atom is -0.298 e. The van der Waals surface area contributed by atoms with E-state index >= 15 is 0 Å². The van der Waals surface area contributed by atoms with Crippen LogP contribution in [-0.2, 0) is 4.79 Å². The molecule has 0 aliphatic rings. The van der Waals surface area contributed by atoms with E-state index in [0.717, 1.165) is 18.5 Å². The monoisotopic (exact) mass is 195 g/mol. The number of nitrogens with one attached hydrogen (secondary N) is 1. The fourth-order valence-electron chi connectivity index (χ4n) is 1.20. The summed E-state index contributed by atoms with van der Waals surface area (Å²) in [6.45, 7) is 3.99. The molecule has 14 heavy (non-hydrogen) atoms. The third-order valence-corrected chi connectivity index (χ3v) is 2.15. The van der Waals surface area contributed by atoms with Crippen molar-refractivity contribution in [2.24, 2.45) is 0 Å². The Morgan fingerprint density at radius 3 is 2.86 bits per heavy atom. The summed E-state index contributed by atoms with van der Waals surface area (Å²) in [5.74, 6) is 0.821. The molecule has 0 aliphatic carbocycles. The van der Waals surface area contributed by atoms with Crippen LogP contribution in [0.5, 0.6) is 0 Å². The Kier molecular flexibility index (Phi) is 3.68. The first-order chi connectivity index (χ1) is 6.65. The molecule has 0 fully saturated rings. The Hall–Kier alpha value is -1.32. The zero-order valence-electron chi connectivity index (χ0n) is 9.00. The van der Waals surface area contributed by atoms with Gasteiger partial charge in [-0.15, -0.1) is 0 Å². The summed E-state index contributed by atoms with van der Waals surface area (Å²) in [6, 6.07) is 1.86. The molecule has 1 heterocycles. The lowest BCUT2D eigenvalue weighted by Gasteiger charge is -2.13. The van der Waals surface area contributed by atoms with Gasteiger partial charge < -0.3 is 0 Å². The standard InChI is InChI=1S/C10H17N3O/c1-4-5-6-10(14)13(3)9-7-8(2)11-12-9/h7H,4-6H2,1-3H3,(H,11,12). The highest BCUT2D eigenvalue weighted by atomic mass is 16.2. The average Bonchev–Trinajstić information content (AvgIpc) is 2.60. The van der Waals surface area contributed by atoms with E-state index in [0.29, 0.717) is 12.2 Å². The number of anilines is 1. The minimum absolute atomic E-state index is 0.123. The number of aryl methyl sites for hydroxylation is 1. The molecule has 78 valence electrons. The van der Waals surface area contributed by atoms with Crippen molar-refractivity contribution in [3.8, 4) is 0 Å². The summed E-state index contributed by atoms with van der Waals surface area (Å²) in [5, 5.41) is 6.84. The zero-order chi connectivity index (χ0) is 10.6. The Labute approximate surface area is 84.3 Å². The number of rotatable bonds is 4. The van der Waals surface area contributed by atoms with Crippen LogP contribution in [0, 0.1) is 6.92 Å². The molecule has 0 unspecified atom stereocenters. The molecule has 1 rings (SSSR count). The van der Waals surface area contributed by atoms with Gasteiger partial charge in [0.25, 0.3) is 0 Å². The number of carbonyl (C=O) groups excluding carboxylic acids is 1. The van der Waals surface area contributed by atoms with Crippen molar-refractivity contribution in [2.75, 3.05) is 11.9 Å². The van der Waals surface area contributed by atoms with E-state index in [1.807, 2.05) is 13.0 Å². The van der Waals surface area contributed by atoms with E-state index in [4.69, 9.17) is 0 Å². The molecule has 0 atom stereocenters. The molecule has 4 nitrogen and oxygen atoms in total. The normalized spacial score (nSPS) is 10.2. The van der Waals surface area contributed by atoms with Gasteiger partial charge in [-0.25, -0.2) is 0 Å². The lowest BCUT2D eigenvalue weighted by Crippen LogP contribution is -2.26. The minimum atomic E-state index is 0.123. The van der Waals surface area contributed by atoms with Gasteiger partial charge in [-0.1, -0.05) is 13.3 Å². The summed E-state index contributed by atoms with van der Waals surface area (Å²) < 4.78 is 0. The number of hydrogen-bond acceptors (Lipinski definition) is 2. The fourth-order valence-corrected chi connectivity index (χ4v) is 1.20. The lowest BCUT2D eigenvalue weighted by molar-refractivity contribution is -0.118. The van der Waals surface area contributed by atoms with Crippen molar-refractivity contribution in [3.63, 3.8) is 0 Å². The summed E-state index contributed by atoms with van der Waals surface area (Å²) >= 11 is 0. The van der Waals surface area contributed by atoms with Crippen molar-refractivity contribution in [1.29, 1.82) is 0 Å². The molecular weight excluding hydrogens is 178 g/mol. The first-order valence-electron chi connectivity index (χ1n) is 4.93. The summed E-state index contributed by atoms with van der Waals surface area (Å²) in [5.41, 5.74) is 0.968. The van der Waals surface area contributed by atoms with Gasteiger partial charge in [-0.2, -0.15) is 5.10 Å². The molecule has 1 N–H and O–H groups in total. The maximum atomic E-state index is 11.6. The Morgan fingerprint density at radius 1 is 1.64 bits per heavy atom. The maximum Gasteiger partial charge on any atom is 0.227 e. The predicted octanol–water partition coefficient (Wildman–Crippen LogP) is 1.87. The zero-order valence-corrected chi connectivity index (χ0v) is 9.00. The second kappa shape index (κ2) is 4.79. The number of hydrogen-bond donors (Lipinski definition) is 1. The van der Waals surface area contributed by atoms with Crippen molar-refractivity contribution in [1.82, 2.24) is 10.2 Å². The molecule has 4 heteroatoms. The number of amides is 1. The summed E-state index contributed by atoms with van der Waals surface area (Å²) in [6.07, 6.45) is 2.57. The molecule has 1 amide bonds. The third-order valence-electron chi connectivity index (χ3n) is 2.15. The van der Waals surface area contributed by atoms with E-state index in [-0.39, 0.29) is 5.91 Å². The average molecular weight is 195 g/mol. The molecule has 0 bridgehead atoms. The van der Waals surface area contributed by atoms with Crippen LogP contribution in [-0.4, -0.2) is 23.2 Å². The van der Waals surface area contributed by atoms with Gasteiger partial charge in [-0.3, -0.25) is 14.8 Å². The van der Waals surface area contributed by atoms with E-state index in [9.17, 15) is 4.79 Å². The molecule has 0 aliphatic heterocycles. The molecule has 0 radical (unpaired) electrons. The van der Waals surface area contributed by atoms with Gasteiger partial charge in [0.15, 0.2) is 5.82 Å². The number of H-pyrrole nitrogens is 1. The van der Waals surface area contributed by atoms with E-state index < -0.39 is 0 Å². The van der Waals surface area contributed by atoms with Crippen LogP contribution in [0.15, 0.2) is 6.07 Å². The van der Waals surface area contributed by atoms with Crippen LogP contribution in [0.4, 0.5) is 5.82 Å². The van der Waals surface area contributed by atoms with E-state index in [1.165, 1.54) is 0 Å². The van der Waals surface area contributed by atoms with E-state index in [2.05, 4.69) is 17.1 Å². The second-order valence-electron chi connectivity index (χ2n) is 3.47. The molecule has 0 aromatic carbocycles. The second-order valence-corrected chi connectivity index (χ2v) is 3.47. The number of aromatic amines is 1. The van der Waals surface area contributed by atoms with Crippen molar-refractivity contribution < 1.29 is 4.79 Å². The number of nitrogens with zero attached hydrogens (tertiary/aromatic N) is 2. The lowest BCUT2D eigenvalue weighted by atomic mass is 10.2. The van der Waals surface area contributed by atoms with Crippen molar-refractivity contribution in [3.05, 3.63) is 11.8 Å². The summed E-state index contributed by atoms with van der Waals surface area (Å²) in [7, 11) is 1.76. The van der Waals surface area contributed by atoms with Crippen molar-refractivity contribution in [2.45, 2.75) is 33.1 Å². The highest BCUT2D eigenvalue weighted by molar-refractivity contribution is 5.91. The Bertz CT molecular complexity index is 306. The number of carbonyl (C=O) groups is 1. The SMILES string of the molecule is CCCCC(=O)N(C)c1cc(C)[nH]n1. The van der Waals surface area contributed by atoms with Crippen molar-refractivity contribution >= 4 is 11.7 Å². The first-order valence-corrected chi connectivity index (χ1v) is 4.93.